The van der Waals surface area contributed by atoms with Crippen LogP contribution < -0.4 is 9.88 Å². The van der Waals surface area contributed by atoms with E-state index in [2.05, 4.69) is 4.84 Å². The topological polar surface area (TPSA) is 139 Å². The summed E-state index contributed by atoms with van der Waals surface area (Å²) in [5.74, 6) is -0.339. The maximum atomic E-state index is 11.5. The van der Waals surface area contributed by atoms with E-state index >= 15 is 0 Å². The first-order chi connectivity index (χ1) is 9.79. The molecule has 116 valence electrons. The van der Waals surface area contributed by atoms with E-state index in [0.29, 0.717) is 12.8 Å². The minimum absolute atomic E-state index is 0.0675. The Morgan fingerprint density at radius 3 is 2.38 bits per heavy atom. The molecule has 0 atom stereocenters. The molecular weight excluding hydrogens is 304 g/mol. The zero-order valence-electron chi connectivity index (χ0n) is 10.9. The molecule has 1 rings (SSSR count). The predicted octanol–water partition coefficient (Wildman–Crippen LogP) is 0.618. The Hall–Kier alpha value is -2.20. The van der Waals surface area contributed by atoms with Gasteiger partial charge in [-0.05, 0) is 37.1 Å². The zero-order chi connectivity index (χ0) is 15.9. The summed E-state index contributed by atoms with van der Waals surface area (Å²) in [6.07, 6.45) is 0.792. The predicted molar refractivity (Wildman–Crippen MR) is 70.2 cm³/mol. The fourth-order valence-electron chi connectivity index (χ4n) is 1.39. The third-order valence-electron chi connectivity index (χ3n) is 2.36. The maximum Gasteiger partial charge on any atom is 0.311 e. The van der Waals surface area contributed by atoms with Gasteiger partial charge in [0.2, 0.25) is 10.0 Å². The molecule has 0 bridgehead atoms. The van der Waals surface area contributed by atoms with Crippen LogP contribution >= 0.6 is 0 Å². The van der Waals surface area contributed by atoms with E-state index in [0.717, 1.165) is 0 Å². The number of hydrogen-bond donors (Lipinski definition) is 1. The molecule has 0 spiro atoms. The smallest absolute Gasteiger partial charge is 0.311 e. The van der Waals surface area contributed by atoms with Gasteiger partial charge in [0, 0.05) is 6.42 Å². The Balaban J connectivity index is 2.36. The lowest BCUT2D eigenvalue weighted by molar-refractivity contribution is -0.757. The molecule has 0 fully saturated rings. The molecule has 10 heteroatoms. The van der Waals surface area contributed by atoms with Crippen molar-refractivity contribution in [1.29, 1.82) is 0 Å². The number of rotatable bonds is 8. The number of hydrogen-bond acceptors (Lipinski definition) is 7. The van der Waals surface area contributed by atoms with Crippen LogP contribution in [0.1, 0.15) is 19.3 Å². The van der Waals surface area contributed by atoms with Crippen LogP contribution in [0, 0.1) is 10.1 Å². The number of carbonyl (C=O) groups excluding carboxylic acids is 1. The average Bonchev–Trinajstić information content (AvgIpc) is 2.37. The van der Waals surface area contributed by atoms with Crippen molar-refractivity contribution in [2.45, 2.75) is 24.2 Å². The standard InChI is InChI=1S/C11H14N2O7S/c12-21(17,18)10-6-4-9(5-7-10)20-11(14)3-1-2-8-19-13(15)16/h4-7H,1-3,8H2,(H2,12,17,18). The number of unbranched alkanes of at least 4 members (excludes halogenated alkanes) is 1. The zero-order valence-corrected chi connectivity index (χ0v) is 11.7. The van der Waals surface area contributed by atoms with Crippen LogP contribution in [0.3, 0.4) is 0 Å². The summed E-state index contributed by atoms with van der Waals surface area (Å²) < 4.78 is 27.0. The van der Waals surface area contributed by atoms with Gasteiger partial charge in [0.25, 0.3) is 5.09 Å². The highest BCUT2D eigenvalue weighted by Gasteiger charge is 2.09. The quantitative estimate of drug-likeness (QED) is 0.243. The number of sulfonamides is 1. The second-order valence-corrected chi connectivity index (χ2v) is 5.57. The van der Waals surface area contributed by atoms with Gasteiger partial charge in [-0.3, -0.25) is 4.79 Å². The summed E-state index contributed by atoms with van der Waals surface area (Å²) in [6, 6.07) is 5.08. The molecule has 21 heavy (non-hydrogen) atoms. The number of nitrogens with zero attached hydrogens (tertiary/aromatic N) is 1. The molecular formula is C11H14N2O7S. The van der Waals surface area contributed by atoms with Gasteiger partial charge in [-0.25, -0.2) is 13.6 Å². The van der Waals surface area contributed by atoms with Crippen molar-refractivity contribution >= 4 is 16.0 Å². The van der Waals surface area contributed by atoms with E-state index in [1.54, 1.807) is 0 Å². The lowest BCUT2D eigenvalue weighted by atomic mass is 10.2. The Morgan fingerprint density at radius 1 is 1.24 bits per heavy atom. The number of primary sulfonamides is 1. The highest BCUT2D eigenvalue weighted by Crippen LogP contribution is 2.15. The fourth-order valence-corrected chi connectivity index (χ4v) is 1.91. The molecule has 0 aliphatic rings. The van der Waals surface area contributed by atoms with E-state index in [4.69, 9.17) is 9.88 Å². The van der Waals surface area contributed by atoms with Gasteiger partial charge >= 0.3 is 5.97 Å². The molecule has 0 heterocycles. The van der Waals surface area contributed by atoms with Crippen molar-refractivity contribution in [3.63, 3.8) is 0 Å². The average molecular weight is 318 g/mol. The molecule has 0 unspecified atom stereocenters. The Kier molecular flexibility index (Phi) is 6.06. The van der Waals surface area contributed by atoms with Crippen molar-refractivity contribution in [3.05, 3.63) is 34.4 Å². The highest BCUT2D eigenvalue weighted by molar-refractivity contribution is 7.89. The van der Waals surface area contributed by atoms with Gasteiger partial charge in [-0.1, -0.05) is 0 Å². The van der Waals surface area contributed by atoms with E-state index in [-0.39, 0.29) is 23.7 Å². The van der Waals surface area contributed by atoms with Crippen LogP contribution in [0.25, 0.3) is 0 Å². The van der Waals surface area contributed by atoms with E-state index in [9.17, 15) is 23.3 Å². The second kappa shape index (κ2) is 7.55. The summed E-state index contributed by atoms with van der Waals surface area (Å²) in [6.45, 7) is -0.0800. The monoisotopic (exact) mass is 318 g/mol. The molecule has 9 nitrogen and oxygen atoms in total. The van der Waals surface area contributed by atoms with Gasteiger partial charge in [-0.2, -0.15) is 0 Å². The van der Waals surface area contributed by atoms with Crippen molar-refractivity contribution < 1.29 is 27.9 Å². The lowest BCUT2D eigenvalue weighted by Gasteiger charge is -2.05. The van der Waals surface area contributed by atoms with Crippen LogP contribution in [0.2, 0.25) is 0 Å². The summed E-state index contributed by atoms with van der Waals surface area (Å²) >= 11 is 0. The van der Waals surface area contributed by atoms with Crippen LogP contribution in [-0.4, -0.2) is 26.1 Å². The minimum Gasteiger partial charge on any atom is -0.427 e. The van der Waals surface area contributed by atoms with E-state index in [1.165, 1.54) is 24.3 Å². The third kappa shape index (κ3) is 6.68. The first-order valence-electron chi connectivity index (χ1n) is 5.90. The largest absolute Gasteiger partial charge is 0.427 e. The lowest BCUT2D eigenvalue weighted by Crippen LogP contribution is -2.12. The number of esters is 1. The first kappa shape index (κ1) is 16.9. The van der Waals surface area contributed by atoms with Crippen molar-refractivity contribution in [3.8, 4) is 5.75 Å². The van der Waals surface area contributed by atoms with E-state index < -0.39 is 21.1 Å². The Labute approximate surface area is 120 Å². The molecule has 0 aliphatic heterocycles. The van der Waals surface area contributed by atoms with Gasteiger partial charge in [0.1, 0.15) is 5.75 Å². The van der Waals surface area contributed by atoms with Crippen molar-refractivity contribution in [2.24, 2.45) is 5.14 Å². The van der Waals surface area contributed by atoms with Gasteiger partial charge < -0.3 is 9.57 Å². The second-order valence-electron chi connectivity index (χ2n) is 4.00. The molecule has 1 aromatic carbocycles. The molecule has 0 saturated heterocycles. The van der Waals surface area contributed by atoms with Crippen molar-refractivity contribution in [2.75, 3.05) is 6.61 Å². The third-order valence-corrected chi connectivity index (χ3v) is 3.29. The number of ether oxygens (including phenoxy) is 1. The number of benzene rings is 1. The van der Waals surface area contributed by atoms with Gasteiger partial charge in [0.05, 0.1) is 11.5 Å². The van der Waals surface area contributed by atoms with Gasteiger partial charge in [0.15, 0.2) is 0 Å². The minimum atomic E-state index is -3.79. The van der Waals surface area contributed by atoms with Crippen molar-refractivity contribution in [1.82, 2.24) is 0 Å². The number of carbonyl (C=O) groups is 1. The maximum absolute atomic E-state index is 11.5. The van der Waals surface area contributed by atoms with Gasteiger partial charge in [-0.15, -0.1) is 10.1 Å². The fraction of sp³-hybridized carbons (Fsp3) is 0.364. The van der Waals surface area contributed by atoms with E-state index in [1.807, 2.05) is 0 Å². The SMILES string of the molecule is NS(=O)(=O)c1ccc(OC(=O)CCCCO[N+](=O)[O-])cc1. The molecule has 0 aromatic heterocycles. The Bertz CT molecular complexity index is 598. The Morgan fingerprint density at radius 2 is 1.86 bits per heavy atom. The molecule has 2 N–H and O–H groups in total. The summed E-state index contributed by atoms with van der Waals surface area (Å²) in [5, 5.41) is 13.9. The molecule has 0 saturated carbocycles. The first-order valence-corrected chi connectivity index (χ1v) is 7.44. The number of nitrogens with two attached hydrogens (primary N) is 1. The molecule has 0 radical (unpaired) electrons. The normalized spacial score (nSPS) is 10.9. The van der Waals surface area contributed by atoms with Crippen LogP contribution in [0.15, 0.2) is 29.2 Å². The molecule has 1 aromatic rings. The highest BCUT2D eigenvalue weighted by atomic mass is 32.2. The van der Waals surface area contributed by atoms with Crippen LogP contribution in [-0.2, 0) is 19.7 Å². The van der Waals surface area contributed by atoms with Crippen LogP contribution in [0.5, 0.6) is 5.75 Å². The molecule has 0 amide bonds. The summed E-state index contributed by atoms with van der Waals surface area (Å²) in [4.78, 5) is 25.3. The summed E-state index contributed by atoms with van der Waals surface area (Å²) in [5.41, 5.74) is 0. The molecule has 0 aliphatic carbocycles. The summed E-state index contributed by atoms with van der Waals surface area (Å²) in [7, 11) is -3.79. The van der Waals surface area contributed by atoms with Crippen LogP contribution in [0.4, 0.5) is 0 Å².